The summed E-state index contributed by atoms with van der Waals surface area (Å²) in [6, 6.07) is 10.6. The summed E-state index contributed by atoms with van der Waals surface area (Å²) in [5.41, 5.74) is 3.16. The fourth-order valence-electron chi connectivity index (χ4n) is 2.87. The Morgan fingerprint density at radius 2 is 1.86 bits per heavy atom. The van der Waals surface area contributed by atoms with Crippen LogP contribution in [0.2, 0.25) is 0 Å². The molecule has 1 heterocycles. The van der Waals surface area contributed by atoms with Crippen molar-refractivity contribution in [2.75, 3.05) is 0 Å². The maximum absolute atomic E-state index is 12.6. The van der Waals surface area contributed by atoms with Crippen molar-refractivity contribution in [2.45, 2.75) is 43.5 Å². The Morgan fingerprint density at radius 1 is 1.09 bits per heavy atom. The molecule has 5 heteroatoms. The molecule has 1 aromatic carbocycles. The van der Waals surface area contributed by atoms with Gasteiger partial charge in [-0.3, -0.25) is 4.98 Å². The molecule has 116 valence electrons. The smallest absolute Gasteiger partial charge is 0.241 e. The Balaban J connectivity index is 1.84. The normalized spacial score (nSPS) is 16.0. The van der Waals surface area contributed by atoms with E-state index in [0.717, 1.165) is 19.3 Å². The minimum absolute atomic E-state index is 0.343. The summed E-state index contributed by atoms with van der Waals surface area (Å²) in [7, 11) is -3.53. The maximum atomic E-state index is 12.6. The molecule has 4 nitrogen and oxygen atoms in total. The van der Waals surface area contributed by atoms with Gasteiger partial charge in [-0.05, 0) is 68.0 Å². The first-order valence-electron chi connectivity index (χ1n) is 7.61. The Bertz CT molecular complexity index is 757. The van der Waals surface area contributed by atoms with Gasteiger partial charge >= 0.3 is 0 Å². The van der Waals surface area contributed by atoms with Crippen molar-refractivity contribution in [3.63, 3.8) is 0 Å². The van der Waals surface area contributed by atoms with Crippen LogP contribution in [0.25, 0.3) is 0 Å². The lowest BCUT2D eigenvalue weighted by molar-refractivity contribution is 0.563. The first-order chi connectivity index (χ1) is 10.6. The average Bonchev–Trinajstić information content (AvgIpc) is 2.55. The monoisotopic (exact) mass is 316 g/mol. The highest BCUT2D eigenvalue weighted by Gasteiger charge is 2.20. The molecule has 0 amide bonds. The molecule has 1 aliphatic carbocycles. The summed E-state index contributed by atoms with van der Waals surface area (Å²) in [6.07, 6.45) is 6.00. The fourth-order valence-corrected chi connectivity index (χ4v) is 4.14. The van der Waals surface area contributed by atoms with Crippen LogP contribution in [0.5, 0.6) is 0 Å². The molecular weight excluding hydrogens is 296 g/mol. The van der Waals surface area contributed by atoms with Crippen LogP contribution in [0.1, 0.15) is 42.6 Å². The van der Waals surface area contributed by atoms with E-state index in [1.54, 1.807) is 19.2 Å². The second-order valence-corrected chi connectivity index (χ2v) is 7.45. The standard InChI is InChI=1S/C17H20N2O2S/c1-13(17-8-4-5-11-18-17)19-22(20,21)16-10-9-14-6-2-3-7-15(14)12-16/h4-5,8-13,19H,2-3,6-7H2,1H3. The van der Waals surface area contributed by atoms with Gasteiger partial charge in [0.2, 0.25) is 10.0 Å². The van der Waals surface area contributed by atoms with Gasteiger partial charge in [-0.25, -0.2) is 13.1 Å². The predicted octanol–water partition coefficient (Wildman–Crippen LogP) is 3.00. The second-order valence-electron chi connectivity index (χ2n) is 5.74. The number of hydrogen-bond donors (Lipinski definition) is 1. The molecule has 0 saturated heterocycles. The first kappa shape index (κ1) is 15.2. The van der Waals surface area contributed by atoms with Gasteiger partial charge < -0.3 is 0 Å². The van der Waals surface area contributed by atoms with E-state index in [-0.39, 0.29) is 6.04 Å². The Kier molecular flexibility index (Phi) is 4.27. The highest BCUT2D eigenvalue weighted by atomic mass is 32.2. The summed E-state index contributed by atoms with van der Waals surface area (Å²) in [5, 5.41) is 0. The zero-order valence-electron chi connectivity index (χ0n) is 12.6. The Hall–Kier alpha value is -1.72. The Morgan fingerprint density at radius 3 is 2.59 bits per heavy atom. The van der Waals surface area contributed by atoms with Crippen molar-refractivity contribution in [3.05, 3.63) is 59.4 Å². The van der Waals surface area contributed by atoms with Gasteiger partial charge in [0.25, 0.3) is 0 Å². The average molecular weight is 316 g/mol. The van der Waals surface area contributed by atoms with Crippen LogP contribution in [0.3, 0.4) is 0 Å². The predicted molar refractivity (Wildman–Crippen MR) is 86.1 cm³/mol. The third-order valence-electron chi connectivity index (χ3n) is 4.09. The molecule has 1 aromatic heterocycles. The number of benzene rings is 1. The van der Waals surface area contributed by atoms with E-state index in [1.165, 1.54) is 17.5 Å². The maximum Gasteiger partial charge on any atom is 0.241 e. The van der Waals surface area contributed by atoms with Crippen molar-refractivity contribution in [1.29, 1.82) is 0 Å². The summed E-state index contributed by atoms with van der Waals surface area (Å²) in [4.78, 5) is 4.54. The third-order valence-corrected chi connectivity index (χ3v) is 5.63. The van der Waals surface area contributed by atoms with E-state index >= 15 is 0 Å². The molecule has 0 saturated carbocycles. The fraction of sp³-hybridized carbons (Fsp3) is 0.353. The van der Waals surface area contributed by atoms with Crippen LogP contribution in [0.15, 0.2) is 47.5 Å². The quantitative estimate of drug-likeness (QED) is 0.943. The third kappa shape index (κ3) is 3.20. The molecule has 0 bridgehead atoms. The molecule has 22 heavy (non-hydrogen) atoms. The molecule has 2 aromatic rings. The number of fused-ring (bicyclic) bond motifs is 1. The second kappa shape index (κ2) is 6.18. The molecule has 1 atom stereocenters. The molecule has 0 fully saturated rings. The van der Waals surface area contributed by atoms with E-state index in [1.807, 2.05) is 30.3 Å². The van der Waals surface area contributed by atoms with Crippen LogP contribution in [0, 0.1) is 0 Å². The van der Waals surface area contributed by atoms with E-state index < -0.39 is 10.0 Å². The van der Waals surface area contributed by atoms with Crippen molar-refractivity contribution >= 4 is 10.0 Å². The minimum Gasteiger partial charge on any atom is -0.260 e. The number of aryl methyl sites for hydroxylation is 2. The van der Waals surface area contributed by atoms with Gasteiger partial charge in [-0.1, -0.05) is 12.1 Å². The lowest BCUT2D eigenvalue weighted by atomic mass is 9.92. The summed E-state index contributed by atoms with van der Waals surface area (Å²) in [6.45, 7) is 1.80. The van der Waals surface area contributed by atoms with Crippen molar-refractivity contribution < 1.29 is 8.42 Å². The van der Waals surface area contributed by atoms with Crippen LogP contribution < -0.4 is 4.72 Å². The van der Waals surface area contributed by atoms with E-state index in [2.05, 4.69) is 9.71 Å². The van der Waals surface area contributed by atoms with E-state index in [0.29, 0.717) is 10.6 Å². The molecule has 1 N–H and O–H groups in total. The van der Waals surface area contributed by atoms with E-state index in [9.17, 15) is 8.42 Å². The van der Waals surface area contributed by atoms with Gasteiger partial charge in [0.1, 0.15) is 0 Å². The summed E-state index contributed by atoms with van der Waals surface area (Å²) < 4.78 is 27.8. The number of nitrogens with one attached hydrogen (secondary N) is 1. The molecule has 3 rings (SSSR count). The molecular formula is C17H20N2O2S. The number of aromatic nitrogens is 1. The number of nitrogens with zero attached hydrogens (tertiary/aromatic N) is 1. The summed E-state index contributed by atoms with van der Waals surface area (Å²) >= 11 is 0. The molecule has 0 spiro atoms. The highest BCUT2D eigenvalue weighted by Crippen LogP contribution is 2.24. The molecule has 1 unspecified atom stereocenters. The van der Waals surface area contributed by atoms with E-state index in [4.69, 9.17) is 0 Å². The zero-order chi connectivity index (χ0) is 15.6. The number of rotatable bonds is 4. The topological polar surface area (TPSA) is 59.1 Å². The van der Waals surface area contributed by atoms with Gasteiger partial charge in [0.15, 0.2) is 0 Å². The summed E-state index contributed by atoms with van der Waals surface area (Å²) in [5.74, 6) is 0. The van der Waals surface area contributed by atoms with Crippen LogP contribution in [-0.4, -0.2) is 13.4 Å². The molecule has 0 aliphatic heterocycles. The van der Waals surface area contributed by atoms with Crippen molar-refractivity contribution in [1.82, 2.24) is 9.71 Å². The minimum atomic E-state index is -3.53. The van der Waals surface area contributed by atoms with Crippen LogP contribution in [-0.2, 0) is 22.9 Å². The number of sulfonamides is 1. The van der Waals surface area contributed by atoms with Gasteiger partial charge in [0.05, 0.1) is 16.6 Å². The van der Waals surface area contributed by atoms with Crippen LogP contribution >= 0.6 is 0 Å². The van der Waals surface area contributed by atoms with Crippen LogP contribution in [0.4, 0.5) is 0 Å². The van der Waals surface area contributed by atoms with Crippen molar-refractivity contribution in [3.8, 4) is 0 Å². The zero-order valence-corrected chi connectivity index (χ0v) is 13.4. The lowest BCUT2D eigenvalue weighted by Gasteiger charge is -2.18. The Labute approximate surface area is 131 Å². The first-order valence-corrected chi connectivity index (χ1v) is 9.10. The SMILES string of the molecule is CC(NS(=O)(=O)c1ccc2c(c1)CCCC2)c1ccccn1. The van der Waals surface area contributed by atoms with Crippen molar-refractivity contribution in [2.24, 2.45) is 0 Å². The highest BCUT2D eigenvalue weighted by molar-refractivity contribution is 7.89. The largest absolute Gasteiger partial charge is 0.260 e. The number of pyridine rings is 1. The lowest BCUT2D eigenvalue weighted by Crippen LogP contribution is -2.27. The van der Waals surface area contributed by atoms with Gasteiger partial charge in [0, 0.05) is 6.20 Å². The van der Waals surface area contributed by atoms with Gasteiger partial charge in [-0.2, -0.15) is 0 Å². The van der Waals surface area contributed by atoms with Gasteiger partial charge in [-0.15, -0.1) is 0 Å². The molecule has 1 aliphatic rings. The molecule has 0 radical (unpaired) electrons. The number of hydrogen-bond acceptors (Lipinski definition) is 3.